The lowest BCUT2D eigenvalue weighted by atomic mass is 10.1. The minimum absolute atomic E-state index is 0.00514. The lowest BCUT2D eigenvalue weighted by Crippen LogP contribution is -2.29. The quantitative estimate of drug-likeness (QED) is 0.0482. The summed E-state index contributed by atoms with van der Waals surface area (Å²) in [6.45, 7) is 8.01. The molecule has 52 heavy (non-hydrogen) atoms. The molecule has 5 rings (SSSR count). The van der Waals surface area contributed by atoms with Gasteiger partial charge in [-0.2, -0.15) is 0 Å². The van der Waals surface area contributed by atoms with Gasteiger partial charge in [0.2, 0.25) is 0 Å². The topological polar surface area (TPSA) is 204 Å². The van der Waals surface area contributed by atoms with Crippen molar-refractivity contribution in [2.75, 3.05) is 39.1 Å². The number of aromatic nitrogens is 1. The Bertz CT molecular complexity index is 1810. The number of benzene rings is 2. The van der Waals surface area contributed by atoms with Gasteiger partial charge in [0.05, 0.1) is 86.0 Å². The van der Waals surface area contributed by atoms with Crippen LogP contribution in [-0.4, -0.2) is 89.1 Å². The van der Waals surface area contributed by atoms with Crippen LogP contribution in [0.25, 0.3) is 0 Å². The van der Waals surface area contributed by atoms with Crippen LogP contribution >= 0.6 is 15.2 Å². The van der Waals surface area contributed by atoms with Crippen LogP contribution in [0.1, 0.15) is 80.6 Å². The Balaban J connectivity index is 0.000000236. The summed E-state index contributed by atoms with van der Waals surface area (Å²) in [7, 11) is -6.35. The molecule has 16 nitrogen and oxygen atoms in total. The molecule has 3 heterocycles. The normalized spacial score (nSPS) is 13.8. The molecule has 2 aliphatic heterocycles. The van der Waals surface area contributed by atoms with Crippen molar-refractivity contribution in [2.24, 2.45) is 5.16 Å². The highest BCUT2D eigenvalue weighted by Crippen LogP contribution is 2.51. The van der Waals surface area contributed by atoms with E-state index in [1.807, 2.05) is 0 Å². The van der Waals surface area contributed by atoms with Crippen LogP contribution < -0.4 is 0 Å². The van der Waals surface area contributed by atoms with Crippen LogP contribution in [-0.2, 0) is 39.9 Å². The molecule has 0 unspecified atom stereocenters. The van der Waals surface area contributed by atoms with E-state index in [0.29, 0.717) is 46.9 Å². The van der Waals surface area contributed by atoms with Crippen LogP contribution in [0.3, 0.4) is 0 Å². The summed E-state index contributed by atoms with van der Waals surface area (Å²) in [6, 6.07) is 14.9. The Morgan fingerprint density at radius 1 is 0.769 bits per heavy atom. The van der Waals surface area contributed by atoms with E-state index >= 15 is 0 Å². The number of fused-ring (bicyclic) bond motifs is 2. The standard InChI is InChI=1S/C17H19N2O6P.C11H7NO2.C6H14NO4P/c1-3-23-26(22,24-4-2)11-12-9-13(25-18-12)10-19-16(20)14-7-5-6-8-15(14)17(19)21;1-2-7-12-10(13)8-5-3-4-6-9(8)11(12)14;1-3-10-12(9,11-4-2)6-5-7-8/h5-9H,3-4,10-11H2,1-2H3;1,3-6H,7H2;5,8H,3-4,6H2,1-2H3/b;;7-5+. The molecule has 0 atom stereocenters. The van der Waals surface area contributed by atoms with Crippen molar-refractivity contribution in [3.63, 3.8) is 0 Å². The van der Waals surface area contributed by atoms with Gasteiger partial charge >= 0.3 is 15.2 Å². The molecule has 2 aliphatic rings. The van der Waals surface area contributed by atoms with Crippen molar-refractivity contribution in [2.45, 2.75) is 40.4 Å². The van der Waals surface area contributed by atoms with Gasteiger partial charge < -0.3 is 27.8 Å². The van der Waals surface area contributed by atoms with Crippen LogP contribution in [0.5, 0.6) is 0 Å². The van der Waals surface area contributed by atoms with Crippen molar-refractivity contribution in [1.29, 1.82) is 0 Å². The maximum absolute atomic E-state index is 12.5. The Morgan fingerprint density at radius 2 is 1.19 bits per heavy atom. The molecule has 0 saturated heterocycles. The highest BCUT2D eigenvalue weighted by molar-refractivity contribution is 7.54. The summed E-state index contributed by atoms with van der Waals surface area (Å²) in [5, 5.41) is 14.7. The minimum atomic E-state index is -3.31. The second kappa shape index (κ2) is 19.8. The van der Waals surface area contributed by atoms with E-state index in [4.69, 9.17) is 34.2 Å². The Hall–Kier alpha value is -4.74. The molecule has 4 amide bonds. The molecule has 0 bridgehead atoms. The fraction of sp³-hybridized carbons (Fsp3) is 0.353. The highest BCUT2D eigenvalue weighted by atomic mass is 31.2. The van der Waals surface area contributed by atoms with Crippen molar-refractivity contribution >= 4 is 45.0 Å². The lowest BCUT2D eigenvalue weighted by Gasteiger charge is -2.15. The third-order valence-electron chi connectivity index (χ3n) is 6.97. The summed E-state index contributed by atoms with van der Waals surface area (Å²) in [5.41, 5.74) is 1.99. The predicted octanol–water partition coefficient (Wildman–Crippen LogP) is 5.87. The zero-order valence-corrected chi connectivity index (χ0v) is 30.9. The van der Waals surface area contributed by atoms with E-state index in [-0.39, 0.29) is 62.3 Å². The molecule has 0 radical (unpaired) electrons. The van der Waals surface area contributed by atoms with Gasteiger partial charge in [0.25, 0.3) is 23.6 Å². The van der Waals surface area contributed by atoms with Gasteiger partial charge in [-0.1, -0.05) is 35.3 Å². The second-order valence-corrected chi connectivity index (χ2v) is 14.7. The van der Waals surface area contributed by atoms with Crippen molar-refractivity contribution in [3.8, 4) is 12.3 Å². The molecule has 18 heteroatoms. The number of nitrogens with zero attached hydrogens (tertiary/aromatic N) is 4. The average molecular weight is 759 g/mol. The molecule has 0 spiro atoms. The molecule has 0 aliphatic carbocycles. The first kappa shape index (κ1) is 41.7. The molecule has 1 aromatic heterocycles. The summed E-state index contributed by atoms with van der Waals surface area (Å²) in [4.78, 5) is 50.1. The second-order valence-electron chi connectivity index (χ2n) is 10.5. The van der Waals surface area contributed by atoms with Gasteiger partial charge in [-0.25, -0.2) is 0 Å². The molecular formula is C34H40N4O12P2. The van der Waals surface area contributed by atoms with Crippen LogP contribution in [0.2, 0.25) is 0 Å². The maximum atomic E-state index is 12.5. The first-order valence-corrected chi connectivity index (χ1v) is 19.6. The van der Waals surface area contributed by atoms with Crippen LogP contribution in [0.4, 0.5) is 0 Å². The molecule has 0 saturated carbocycles. The van der Waals surface area contributed by atoms with Crippen LogP contribution in [0, 0.1) is 12.3 Å². The van der Waals surface area contributed by atoms with E-state index in [0.717, 1.165) is 16.0 Å². The summed E-state index contributed by atoms with van der Waals surface area (Å²) < 4.78 is 49.5. The summed E-state index contributed by atoms with van der Waals surface area (Å²) >= 11 is 0. The van der Waals surface area contributed by atoms with E-state index in [2.05, 4.69) is 16.2 Å². The van der Waals surface area contributed by atoms with Crippen molar-refractivity contribution in [1.82, 2.24) is 15.0 Å². The number of carbonyl (C=O) groups is 4. The first-order valence-electron chi connectivity index (χ1n) is 16.1. The zero-order chi connectivity index (χ0) is 38.3. The monoisotopic (exact) mass is 758 g/mol. The number of carbonyl (C=O) groups excluding carboxylic acids is 4. The number of rotatable bonds is 15. The van der Waals surface area contributed by atoms with E-state index in [9.17, 15) is 28.3 Å². The van der Waals surface area contributed by atoms with E-state index in [1.54, 1.807) is 82.3 Å². The molecule has 278 valence electrons. The average Bonchev–Trinajstić information content (AvgIpc) is 3.74. The van der Waals surface area contributed by atoms with Crippen molar-refractivity contribution < 1.29 is 56.1 Å². The molecule has 3 aromatic rings. The van der Waals surface area contributed by atoms with Gasteiger partial charge in [-0.05, 0) is 52.0 Å². The third-order valence-corrected chi connectivity index (χ3v) is 10.9. The van der Waals surface area contributed by atoms with Gasteiger partial charge in [0.1, 0.15) is 0 Å². The number of terminal acetylenes is 1. The van der Waals surface area contributed by atoms with E-state index < -0.39 is 15.2 Å². The lowest BCUT2D eigenvalue weighted by molar-refractivity contribution is 0.0623. The fourth-order valence-corrected chi connectivity index (χ4v) is 7.85. The van der Waals surface area contributed by atoms with E-state index in [1.165, 1.54) is 0 Å². The molecular weight excluding hydrogens is 718 g/mol. The maximum Gasteiger partial charge on any atom is 0.336 e. The highest BCUT2D eigenvalue weighted by Gasteiger charge is 2.36. The number of imide groups is 2. The summed E-state index contributed by atoms with van der Waals surface area (Å²) in [5.74, 6) is 1.25. The number of hydrogen-bond acceptors (Lipinski definition) is 14. The van der Waals surface area contributed by atoms with Crippen LogP contribution in [0.15, 0.2) is 64.3 Å². The number of hydrogen-bond donors (Lipinski definition) is 1. The van der Waals surface area contributed by atoms with Gasteiger partial charge in [-0.3, -0.25) is 38.1 Å². The van der Waals surface area contributed by atoms with Gasteiger partial charge in [0.15, 0.2) is 5.76 Å². The fourth-order valence-electron chi connectivity index (χ4n) is 4.91. The Kier molecular flexibility index (Phi) is 15.8. The summed E-state index contributed by atoms with van der Waals surface area (Å²) in [6.07, 6.45) is 6.14. The number of oxime groups is 1. The molecule has 1 N–H and O–H groups in total. The smallest absolute Gasteiger partial charge is 0.336 e. The van der Waals surface area contributed by atoms with Gasteiger partial charge in [-0.15, -0.1) is 11.6 Å². The zero-order valence-electron chi connectivity index (χ0n) is 29.1. The SMILES string of the molecule is C#CCN1C(=O)c2ccccc2C1=O.CCOP(=O)(C/C=N/O)OCC.CCOP(=O)(Cc1cc(CN2C(=O)c3ccccc3C2=O)on1)OCC. The minimum Gasteiger partial charge on any atom is -0.411 e. The molecule has 2 aromatic carbocycles. The Labute approximate surface area is 301 Å². The third kappa shape index (κ3) is 10.6. The first-order chi connectivity index (χ1) is 24.9. The van der Waals surface area contributed by atoms with Gasteiger partial charge in [0, 0.05) is 6.07 Å². The Morgan fingerprint density at radius 3 is 1.60 bits per heavy atom. The number of amides is 4. The predicted molar refractivity (Wildman–Crippen MR) is 188 cm³/mol. The van der Waals surface area contributed by atoms with Crippen molar-refractivity contribution in [3.05, 3.63) is 88.3 Å². The molecule has 0 fully saturated rings. The largest absolute Gasteiger partial charge is 0.411 e.